The number of hydrogen-bond donors (Lipinski definition) is 0. The van der Waals surface area contributed by atoms with E-state index in [1.165, 1.54) is 13.0 Å². The smallest absolute Gasteiger partial charge is 0.295 e. The maximum Gasteiger partial charge on any atom is 0.300 e. The Morgan fingerprint density at radius 3 is 2.67 bits per heavy atom. The largest absolute Gasteiger partial charge is 0.300 e. The van der Waals surface area contributed by atoms with Crippen LogP contribution in [-0.4, -0.2) is 21.0 Å². The Hall–Kier alpha value is -3.09. The average molecular weight is 283 g/mol. The van der Waals surface area contributed by atoms with Gasteiger partial charge >= 0.3 is 5.69 Å². The zero-order valence-electron chi connectivity index (χ0n) is 10.9. The summed E-state index contributed by atoms with van der Waals surface area (Å²) in [5.41, 5.74) is 2.11. The molecule has 3 rings (SSSR count). The minimum Gasteiger partial charge on any atom is -0.295 e. The summed E-state index contributed by atoms with van der Waals surface area (Å²) in [6, 6.07) is 9.87. The zero-order valence-corrected chi connectivity index (χ0v) is 10.9. The number of carbonyl (C=O) groups excluding carboxylic acids is 1. The fraction of sp³-hybridized carbons (Fsp3) is 0.0714. The number of benzene rings is 2. The van der Waals surface area contributed by atoms with Crippen molar-refractivity contribution in [1.82, 2.24) is 10.3 Å². The van der Waals surface area contributed by atoms with Crippen LogP contribution in [0.4, 0.5) is 5.69 Å². The summed E-state index contributed by atoms with van der Waals surface area (Å²) in [4.78, 5) is 21.9. The van der Waals surface area contributed by atoms with Crippen molar-refractivity contribution in [3.05, 3.63) is 52.1 Å². The molecule has 0 radical (unpaired) electrons. The average Bonchev–Trinajstić information content (AvgIpc) is 2.95. The van der Waals surface area contributed by atoms with Crippen LogP contribution in [0.2, 0.25) is 0 Å². The second-order valence-electron chi connectivity index (χ2n) is 4.49. The van der Waals surface area contributed by atoms with Crippen LogP contribution in [0.5, 0.6) is 0 Å². The Kier molecular flexibility index (Phi) is 2.94. The third-order valence-electron chi connectivity index (χ3n) is 3.17. The second-order valence-corrected chi connectivity index (χ2v) is 4.49. The van der Waals surface area contributed by atoms with Gasteiger partial charge in [-0.3, -0.25) is 14.9 Å². The molecule has 7 heteroatoms. The van der Waals surface area contributed by atoms with Crippen LogP contribution in [0.1, 0.15) is 17.3 Å². The molecule has 2 aromatic carbocycles. The van der Waals surface area contributed by atoms with Gasteiger partial charge in [0, 0.05) is 17.2 Å². The van der Waals surface area contributed by atoms with Gasteiger partial charge in [0.15, 0.2) is 5.78 Å². The summed E-state index contributed by atoms with van der Waals surface area (Å²) < 4.78 is 4.62. The van der Waals surface area contributed by atoms with E-state index in [2.05, 4.69) is 14.9 Å². The third-order valence-corrected chi connectivity index (χ3v) is 3.17. The van der Waals surface area contributed by atoms with Crippen LogP contribution < -0.4 is 0 Å². The van der Waals surface area contributed by atoms with E-state index in [-0.39, 0.29) is 17.0 Å². The fourth-order valence-electron chi connectivity index (χ4n) is 2.14. The Balaban J connectivity index is 2.24. The predicted octanol–water partition coefficient (Wildman–Crippen LogP) is 3.00. The zero-order chi connectivity index (χ0) is 15.0. The lowest BCUT2D eigenvalue weighted by molar-refractivity contribution is -0.383. The minimum atomic E-state index is -0.539. The molecule has 0 aliphatic rings. The molecule has 0 spiro atoms. The summed E-state index contributed by atoms with van der Waals surface area (Å²) in [6.07, 6.45) is 0. The molecule has 3 aromatic rings. The van der Waals surface area contributed by atoms with Crippen molar-refractivity contribution >= 4 is 22.5 Å². The number of rotatable bonds is 3. The first-order valence-electron chi connectivity index (χ1n) is 6.09. The number of hydrogen-bond acceptors (Lipinski definition) is 6. The van der Waals surface area contributed by atoms with Gasteiger partial charge in [-0.1, -0.05) is 18.2 Å². The van der Waals surface area contributed by atoms with E-state index >= 15 is 0 Å². The van der Waals surface area contributed by atoms with E-state index in [1.54, 1.807) is 30.3 Å². The van der Waals surface area contributed by atoms with E-state index in [0.717, 1.165) is 5.56 Å². The molecule has 0 bridgehead atoms. The highest BCUT2D eigenvalue weighted by molar-refractivity contribution is 5.99. The van der Waals surface area contributed by atoms with E-state index in [0.29, 0.717) is 16.6 Å². The number of carbonyl (C=O) groups is 1. The van der Waals surface area contributed by atoms with Crippen LogP contribution in [0.3, 0.4) is 0 Å². The number of ketones is 1. The van der Waals surface area contributed by atoms with E-state index in [1.807, 2.05) is 0 Å². The lowest BCUT2D eigenvalue weighted by Gasteiger charge is -2.04. The summed E-state index contributed by atoms with van der Waals surface area (Å²) in [5, 5.41) is 18.3. The first-order valence-corrected chi connectivity index (χ1v) is 6.09. The highest BCUT2D eigenvalue weighted by atomic mass is 16.6. The van der Waals surface area contributed by atoms with Gasteiger partial charge in [0.05, 0.1) is 4.92 Å². The number of fused-ring (bicyclic) bond motifs is 1. The van der Waals surface area contributed by atoms with Gasteiger partial charge < -0.3 is 0 Å². The summed E-state index contributed by atoms with van der Waals surface area (Å²) >= 11 is 0. The van der Waals surface area contributed by atoms with Crippen LogP contribution in [0.15, 0.2) is 41.0 Å². The normalized spacial score (nSPS) is 10.7. The molecule has 0 atom stereocenters. The number of nitro groups is 1. The first kappa shape index (κ1) is 12.9. The molecule has 104 valence electrons. The number of non-ortho nitro benzene ring substituents is 1. The van der Waals surface area contributed by atoms with E-state index in [4.69, 9.17) is 0 Å². The van der Waals surface area contributed by atoms with Crippen LogP contribution in [-0.2, 0) is 0 Å². The van der Waals surface area contributed by atoms with Crippen molar-refractivity contribution in [2.45, 2.75) is 6.92 Å². The molecular formula is C14H9N3O4. The van der Waals surface area contributed by atoms with Gasteiger partial charge in [-0.2, -0.15) is 0 Å². The molecular weight excluding hydrogens is 274 g/mol. The molecule has 7 nitrogen and oxygen atoms in total. The Bertz CT molecular complexity index is 870. The van der Waals surface area contributed by atoms with Crippen molar-refractivity contribution in [1.29, 1.82) is 0 Å². The van der Waals surface area contributed by atoms with Crippen LogP contribution in [0, 0.1) is 10.1 Å². The third kappa shape index (κ3) is 2.14. The lowest BCUT2D eigenvalue weighted by atomic mass is 10.00. The topological polar surface area (TPSA) is 99.1 Å². The molecule has 1 aromatic heterocycles. The number of nitrogens with zero attached hydrogens (tertiary/aromatic N) is 3. The molecule has 0 aliphatic carbocycles. The van der Waals surface area contributed by atoms with Gasteiger partial charge in [-0.05, 0) is 34.9 Å². The van der Waals surface area contributed by atoms with Crippen molar-refractivity contribution < 1.29 is 14.3 Å². The van der Waals surface area contributed by atoms with Gasteiger partial charge in [-0.15, -0.1) is 0 Å². The summed E-state index contributed by atoms with van der Waals surface area (Å²) in [6.45, 7) is 1.47. The van der Waals surface area contributed by atoms with Crippen molar-refractivity contribution in [2.24, 2.45) is 0 Å². The van der Waals surface area contributed by atoms with Crippen molar-refractivity contribution in [2.75, 3.05) is 0 Å². The maximum atomic E-state index is 11.5. The molecule has 21 heavy (non-hydrogen) atoms. The SMILES string of the molecule is CC(=O)c1cccc(-c2ccc([N+](=O)[O-])c3nonc23)c1. The quantitative estimate of drug-likeness (QED) is 0.416. The van der Waals surface area contributed by atoms with Gasteiger partial charge in [0.1, 0.15) is 5.52 Å². The predicted molar refractivity (Wildman–Crippen MR) is 73.9 cm³/mol. The van der Waals surface area contributed by atoms with Gasteiger partial charge in [-0.25, -0.2) is 4.63 Å². The molecule has 0 saturated carbocycles. The molecule has 0 aliphatic heterocycles. The molecule has 0 N–H and O–H groups in total. The number of Topliss-reactive ketones (excluding diaryl/α,β-unsaturated/α-hetero) is 1. The highest BCUT2D eigenvalue weighted by Gasteiger charge is 2.20. The molecule has 0 amide bonds. The fourth-order valence-corrected chi connectivity index (χ4v) is 2.14. The van der Waals surface area contributed by atoms with Gasteiger partial charge in [0.25, 0.3) is 0 Å². The van der Waals surface area contributed by atoms with Crippen LogP contribution >= 0.6 is 0 Å². The Labute approximate surface area is 118 Å². The monoisotopic (exact) mass is 283 g/mol. The minimum absolute atomic E-state index is 0.0618. The molecule has 0 fully saturated rings. The Morgan fingerprint density at radius 1 is 1.19 bits per heavy atom. The number of nitro benzene ring substituents is 1. The standard InChI is InChI=1S/C14H9N3O4/c1-8(18)9-3-2-4-10(7-9)11-5-6-12(17(19)20)14-13(11)15-21-16-14/h2-7H,1H3. The second kappa shape index (κ2) is 4.78. The first-order chi connectivity index (χ1) is 10.1. The van der Waals surface area contributed by atoms with E-state index < -0.39 is 4.92 Å². The van der Waals surface area contributed by atoms with Gasteiger partial charge in [0.2, 0.25) is 5.52 Å². The molecule has 0 unspecified atom stereocenters. The summed E-state index contributed by atoms with van der Waals surface area (Å²) in [7, 11) is 0. The lowest BCUT2D eigenvalue weighted by Crippen LogP contribution is -1.93. The van der Waals surface area contributed by atoms with Crippen molar-refractivity contribution in [3.63, 3.8) is 0 Å². The summed E-state index contributed by atoms with van der Waals surface area (Å²) in [5.74, 6) is -0.0618. The maximum absolute atomic E-state index is 11.5. The number of aromatic nitrogens is 2. The highest BCUT2D eigenvalue weighted by Crippen LogP contribution is 2.32. The molecule has 1 heterocycles. The van der Waals surface area contributed by atoms with Crippen molar-refractivity contribution in [3.8, 4) is 11.1 Å². The Morgan fingerprint density at radius 2 is 1.95 bits per heavy atom. The van der Waals surface area contributed by atoms with Crippen LogP contribution in [0.25, 0.3) is 22.2 Å². The van der Waals surface area contributed by atoms with E-state index in [9.17, 15) is 14.9 Å². The molecule has 0 saturated heterocycles.